The number of rotatable bonds is 4. The van der Waals surface area contributed by atoms with Crippen LogP contribution in [0.3, 0.4) is 0 Å². The Kier molecular flexibility index (Phi) is 4.59. The van der Waals surface area contributed by atoms with Gasteiger partial charge in [-0.15, -0.1) is 0 Å². The second-order valence-electron chi connectivity index (χ2n) is 5.91. The number of carbonyl (C=O) groups excluding carboxylic acids is 2. The molecule has 1 aliphatic rings. The number of carbonyl (C=O) groups is 2. The van der Waals surface area contributed by atoms with Crippen molar-refractivity contribution in [3.05, 3.63) is 77.9 Å². The zero-order chi connectivity index (χ0) is 19.5. The smallest absolute Gasteiger partial charge is 0.274 e. The lowest BCUT2D eigenvalue weighted by Crippen LogP contribution is -2.17. The van der Waals surface area contributed by atoms with Gasteiger partial charge in [-0.05, 0) is 48.5 Å². The second-order valence-corrected chi connectivity index (χ2v) is 5.91. The second kappa shape index (κ2) is 7.36. The van der Waals surface area contributed by atoms with Crippen LogP contribution in [0.2, 0.25) is 0 Å². The normalized spacial score (nSPS) is 11.8. The number of nitrogens with one attached hydrogen (secondary N) is 2. The quantitative estimate of drug-likeness (QED) is 0.725. The van der Waals surface area contributed by atoms with Gasteiger partial charge in [0.25, 0.3) is 11.8 Å². The summed E-state index contributed by atoms with van der Waals surface area (Å²) in [4.78, 5) is 28.8. The summed E-state index contributed by atoms with van der Waals surface area (Å²) in [6.45, 7) is 0.138. The van der Waals surface area contributed by atoms with Crippen molar-refractivity contribution in [3.63, 3.8) is 0 Å². The molecule has 4 rings (SSSR count). The topological polar surface area (TPSA) is 89.6 Å². The molecule has 2 N–H and O–H groups in total. The van der Waals surface area contributed by atoms with Gasteiger partial charge >= 0.3 is 0 Å². The Hall–Kier alpha value is -3.94. The highest BCUT2D eigenvalue weighted by Crippen LogP contribution is 2.34. The molecule has 0 spiro atoms. The van der Waals surface area contributed by atoms with Gasteiger partial charge in [0, 0.05) is 29.2 Å². The van der Waals surface area contributed by atoms with Crippen LogP contribution < -0.4 is 20.1 Å². The molecule has 0 aliphatic carbocycles. The molecule has 0 radical (unpaired) electrons. The number of benzene rings is 2. The van der Waals surface area contributed by atoms with Gasteiger partial charge in [0.05, 0.1) is 0 Å². The van der Waals surface area contributed by atoms with Gasteiger partial charge in [-0.3, -0.25) is 14.6 Å². The monoisotopic (exact) mass is 379 g/mol. The Labute approximate surface area is 159 Å². The number of hydrogen-bond donors (Lipinski definition) is 2. The first-order chi connectivity index (χ1) is 13.6. The molecular formula is C20H14FN3O4. The summed E-state index contributed by atoms with van der Waals surface area (Å²) < 4.78 is 23.5. The molecule has 2 amide bonds. The van der Waals surface area contributed by atoms with E-state index in [1.165, 1.54) is 42.6 Å². The highest BCUT2D eigenvalue weighted by Gasteiger charge is 2.16. The summed E-state index contributed by atoms with van der Waals surface area (Å²) in [6.07, 6.45) is 1.37. The van der Waals surface area contributed by atoms with Crippen LogP contribution >= 0.6 is 0 Å². The number of aromatic nitrogens is 1. The summed E-state index contributed by atoms with van der Waals surface area (Å²) in [5, 5.41) is 5.33. The lowest BCUT2D eigenvalue weighted by molar-refractivity contribution is 0.102. The van der Waals surface area contributed by atoms with E-state index < -0.39 is 17.6 Å². The van der Waals surface area contributed by atoms with E-state index in [1.54, 1.807) is 18.2 Å². The van der Waals surface area contributed by atoms with Crippen molar-refractivity contribution in [1.29, 1.82) is 0 Å². The van der Waals surface area contributed by atoms with Crippen molar-refractivity contribution in [1.82, 2.24) is 4.98 Å². The molecule has 1 aliphatic heterocycles. The third-order valence-corrected chi connectivity index (χ3v) is 3.99. The van der Waals surface area contributed by atoms with Gasteiger partial charge in [0.1, 0.15) is 11.5 Å². The largest absolute Gasteiger partial charge is 0.454 e. The molecule has 7 nitrogen and oxygen atoms in total. The summed E-state index contributed by atoms with van der Waals surface area (Å²) in [6, 6.07) is 13.2. The lowest BCUT2D eigenvalue weighted by atomic mass is 10.2. The minimum atomic E-state index is -0.477. The highest BCUT2D eigenvalue weighted by molar-refractivity contribution is 6.07. The van der Waals surface area contributed by atoms with Gasteiger partial charge in [-0.1, -0.05) is 0 Å². The van der Waals surface area contributed by atoms with E-state index in [9.17, 15) is 14.0 Å². The minimum absolute atomic E-state index is 0.0735. The molecule has 8 heteroatoms. The number of nitrogens with zero attached hydrogens (tertiary/aromatic N) is 1. The third-order valence-electron chi connectivity index (χ3n) is 3.99. The maximum absolute atomic E-state index is 13.0. The average Bonchev–Trinajstić information content (AvgIpc) is 3.17. The third kappa shape index (κ3) is 3.75. The van der Waals surface area contributed by atoms with Crippen LogP contribution in [-0.4, -0.2) is 23.6 Å². The maximum atomic E-state index is 13.0. The van der Waals surface area contributed by atoms with E-state index >= 15 is 0 Å². The molecule has 0 bridgehead atoms. The molecule has 1 aromatic heterocycles. The van der Waals surface area contributed by atoms with Gasteiger partial charge < -0.3 is 20.1 Å². The molecule has 2 aromatic carbocycles. The van der Waals surface area contributed by atoms with E-state index in [4.69, 9.17) is 9.47 Å². The Morgan fingerprint density at radius 3 is 2.39 bits per heavy atom. The summed E-state index contributed by atoms with van der Waals surface area (Å²) in [5.74, 6) is -0.167. The van der Waals surface area contributed by atoms with Crippen LogP contribution in [0.25, 0.3) is 0 Å². The van der Waals surface area contributed by atoms with E-state index in [0.717, 1.165) is 0 Å². The molecule has 0 unspecified atom stereocenters. The van der Waals surface area contributed by atoms with Crippen molar-refractivity contribution in [3.8, 4) is 11.5 Å². The van der Waals surface area contributed by atoms with Crippen molar-refractivity contribution in [2.75, 3.05) is 17.4 Å². The van der Waals surface area contributed by atoms with Gasteiger partial charge in [-0.25, -0.2) is 4.39 Å². The van der Waals surface area contributed by atoms with Crippen molar-refractivity contribution in [2.24, 2.45) is 0 Å². The predicted octanol–water partition coefficient (Wildman–Crippen LogP) is 3.45. The molecule has 0 saturated carbocycles. The molecule has 3 aromatic rings. The van der Waals surface area contributed by atoms with Gasteiger partial charge in [-0.2, -0.15) is 0 Å². The SMILES string of the molecule is O=C(Nc1ccc(F)cc1)c1ccnc(C(=O)Nc2ccc3c(c2)OCO3)c1. The summed E-state index contributed by atoms with van der Waals surface area (Å²) in [7, 11) is 0. The number of pyridine rings is 1. The van der Waals surface area contributed by atoms with Crippen molar-refractivity contribution >= 4 is 23.2 Å². The number of anilines is 2. The van der Waals surface area contributed by atoms with Crippen LogP contribution in [0.1, 0.15) is 20.8 Å². The number of fused-ring (bicyclic) bond motifs is 1. The van der Waals surface area contributed by atoms with E-state index in [2.05, 4.69) is 15.6 Å². The highest BCUT2D eigenvalue weighted by atomic mass is 19.1. The lowest BCUT2D eigenvalue weighted by Gasteiger charge is -2.08. The summed E-state index contributed by atoms with van der Waals surface area (Å²) >= 11 is 0. The fraction of sp³-hybridized carbons (Fsp3) is 0.0500. The molecule has 0 fully saturated rings. The molecule has 0 atom stereocenters. The average molecular weight is 379 g/mol. The minimum Gasteiger partial charge on any atom is -0.454 e. The summed E-state index contributed by atoms with van der Waals surface area (Å²) in [5.41, 5.74) is 1.27. The molecule has 2 heterocycles. The van der Waals surface area contributed by atoms with Crippen LogP contribution in [0.4, 0.5) is 15.8 Å². The number of hydrogen-bond acceptors (Lipinski definition) is 5. The first kappa shape index (κ1) is 17.5. The number of amides is 2. The Bertz CT molecular complexity index is 1050. The Morgan fingerprint density at radius 2 is 1.57 bits per heavy atom. The Balaban J connectivity index is 1.47. The predicted molar refractivity (Wildman–Crippen MR) is 99.1 cm³/mol. The molecular weight excluding hydrogens is 365 g/mol. The van der Waals surface area contributed by atoms with E-state index in [0.29, 0.717) is 22.9 Å². The standard InChI is InChI=1S/C20H14FN3O4/c21-13-1-3-14(4-2-13)23-19(25)12-7-8-22-16(9-12)20(26)24-15-5-6-17-18(10-15)28-11-27-17/h1-10H,11H2,(H,23,25)(H,24,26). The van der Waals surface area contributed by atoms with Crippen LogP contribution in [-0.2, 0) is 0 Å². The van der Waals surface area contributed by atoms with Crippen LogP contribution in [0.15, 0.2) is 60.8 Å². The molecule has 0 saturated heterocycles. The first-order valence-corrected chi connectivity index (χ1v) is 8.32. The molecule has 28 heavy (non-hydrogen) atoms. The van der Waals surface area contributed by atoms with Crippen LogP contribution in [0, 0.1) is 5.82 Å². The fourth-order valence-electron chi connectivity index (χ4n) is 2.60. The van der Waals surface area contributed by atoms with E-state index in [1.807, 2.05) is 0 Å². The maximum Gasteiger partial charge on any atom is 0.274 e. The number of halogens is 1. The van der Waals surface area contributed by atoms with E-state index in [-0.39, 0.29) is 18.1 Å². The van der Waals surface area contributed by atoms with Gasteiger partial charge in [0.15, 0.2) is 11.5 Å². The molecule has 140 valence electrons. The van der Waals surface area contributed by atoms with Crippen molar-refractivity contribution in [2.45, 2.75) is 0 Å². The van der Waals surface area contributed by atoms with Crippen LogP contribution in [0.5, 0.6) is 11.5 Å². The zero-order valence-electron chi connectivity index (χ0n) is 14.4. The number of ether oxygens (including phenoxy) is 2. The van der Waals surface area contributed by atoms with Crippen molar-refractivity contribution < 1.29 is 23.5 Å². The van der Waals surface area contributed by atoms with Gasteiger partial charge in [0.2, 0.25) is 6.79 Å². The zero-order valence-corrected chi connectivity index (χ0v) is 14.4. The Morgan fingerprint density at radius 1 is 0.857 bits per heavy atom. The fourth-order valence-corrected chi connectivity index (χ4v) is 2.60. The first-order valence-electron chi connectivity index (χ1n) is 8.32.